The molecule has 0 bridgehead atoms. The highest BCUT2D eigenvalue weighted by molar-refractivity contribution is 6.31. The zero-order valence-corrected chi connectivity index (χ0v) is 30.2. The quantitative estimate of drug-likeness (QED) is 0.180. The van der Waals surface area contributed by atoms with Crippen molar-refractivity contribution in [3.63, 3.8) is 0 Å². The third-order valence-corrected chi connectivity index (χ3v) is 9.75. The summed E-state index contributed by atoms with van der Waals surface area (Å²) in [5.74, 6) is -3.33. The van der Waals surface area contributed by atoms with Gasteiger partial charge in [0.2, 0.25) is 0 Å². The van der Waals surface area contributed by atoms with Crippen LogP contribution < -0.4 is 10.1 Å². The molecule has 0 aliphatic carbocycles. The molecular formula is C38H43Cl2F2N3O4. The van der Waals surface area contributed by atoms with Crippen LogP contribution in [0.2, 0.25) is 10.0 Å². The minimum absolute atomic E-state index is 0.00210. The zero-order chi connectivity index (χ0) is 36.1. The van der Waals surface area contributed by atoms with Crippen molar-refractivity contribution in [3.05, 3.63) is 98.5 Å². The first-order chi connectivity index (χ1) is 23.2. The van der Waals surface area contributed by atoms with E-state index in [1.807, 2.05) is 34.6 Å². The van der Waals surface area contributed by atoms with E-state index in [9.17, 15) is 14.9 Å². The fourth-order valence-electron chi connectivity index (χ4n) is 6.81. The van der Waals surface area contributed by atoms with Gasteiger partial charge in [0.15, 0.2) is 5.78 Å². The van der Waals surface area contributed by atoms with Gasteiger partial charge in [0.1, 0.15) is 29.4 Å². The van der Waals surface area contributed by atoms with Crippen molar-refractivity contribution in [1.82, 2.24) is 10.2 Å². The Morgan fingerprint density at radius 2 is 1.78 bits per heavy atom. The molecule has 7 nitrogen and oxygen atoms in total. The van der Waals surface area contributed by atoms with Gasteiger partial charge in [-0.3, -0.25) is 4.79 Å². The highest BCUT2D eigenvalue weighted by atomic mass is 35.5. The van der Waals surface area contributed by atoms with Gasteiger partial charge in [0.25, 0.3) is 0 Å². The number of nitrogens with zero attached hydrogens (tertiary/aromatic N) is 2. The Labute approximate surface area is 297 Å². The number of nitriles is 1. The van der Waals surface area contributed by atoms with E-state index in [2.05, 4.69) is 16.3 Å². The molecule has 3 aromatic carbocycles. The largest absolute Gasteiger partial charge is 0.496 e. The second-order valence-corrected chi connectivity index (χ2v) is 14.4. The number of rotatable bonds is 13. The van der Waals surface area contributed by atoms with Crippen molar-refractivity contribution in [2.75, 3.05) is 33.4 Å². The third-order valence-electron chi connectivity index (χ3n) is 9.22. The maximum absolute atomic E-state index is 16.0. The summed E-state index contributed by atoms with van der Waals surface area (Å²) in [6.07, 6.45) is 0.156. The van der Waals surface area contributed by atoms with E-state index in [-0.39, 0.29) is 56.7 Å². The highest BCUT2D eigenvalue weighted by Gasteiger charge is 2.60. The molecule has 49 heavy (non-hydrogen) atoms. The first kappa shape index (κ1) is 38.3. The summed E-state index contributed by atoms with van der Waals surface area (Å²) in [7, 11) is 1.43. The molecular weight excluding hydrogens is 671 g/mol. The number of carbonyl (C=O) groups excluding carboxylic acids is 2. The average Bonchev–Trinajstić information content (AvgIpc) is 3.37. The van der Waals surface area contributed by atoms with Crippen LogP contribution in [0.1, 0.15) is 74.0 Å². The van der Waals surface area contributed by atoms with E-state index in [0.717, 1.165) is 19.2 Å². The van der Waals surface area contributed by atoms with Gasteiger partial charge in [-0.25, -0.2) is 13.6 Å². The number of hydrogen-bond acceptors (Lipinski definition) is 7. The molecule has 0 unspecified atom stereocenters. The molecule has 0 radical (unpaired) electrons. The van der Waals surface area contributed by atoms with Crippen LogP contribution in [-0.2, 0) is 21.4 Å². The fraction of sp³-hybridized carbons (Fsp3) is 0.447. The monoisotopic (exact) mass is 713 g/mol. The molecule has 11 heteroatoms. The van der Waals surface area contributed by atoms with Gasteiger partial charge in [0.05, 0.1) is 29.8 Å². The van der Waals surface area contributed by atoms with Gasteiger partial charge in [-0.2, -0.15) is 5.26 Å². The van der Waals surface area contributed by atoms with Gasteiger partial charge >= 0.3 is 5.97 Å². The van der Waals surface area contributed by atoms with Crippen molar-refractivity contribution in [3.8, 4) is 11.8 Å². The molecule has 4 rings (SSSR count). The van der Waals surface area contributed by atoms with Crippen LogP contribution in [0.5, 0.6) is 5.75 Å². The molecule has 1 saturated heterocycles. The second-order valence-electron chi connectivity index (χ2n) is 13.5. The van der Waals surface area contributed by atoms with Crippen molar-refractivity contribution in [1.29, 1.82) is 5.26 Å². The Balaban J connectivity index is 1.77. The van der Waals surface area contributed by atoms with Gasteiger partial charge in [-0.1, -0.05) is 82.1 Å². The summed E-state index contributed by atoms with van der Waals surface area (Å²) in [5, 5.41) is 14.4. The smallest absolute Gasteiger partial charge is 0.338 e. The molecule has 0 saturated carbocycles. The number of likely N-dealkylation sites (N-methyl/N-ethyl adjacent to an activating group) is 1. The molecule has 1 fully saturated rings. The van der Waals surface area contributed by atoms with Crippen molar-refractivity contribution < 1.29 is 27.8 Å². The van der Waals surface area contributed by atoms with Crippen LogP contribution in [0.25, 0.3) is 0 Å². The summed E-state index contributed by atoms with van der Waals surface area (Å²) in [6, 6.07) is 13.6. The molecule has 0 aromatic heterocycles. The molecule has 1 N–H and O–H groups in total. The predicted octanol–water partition coefficient (Wildman–Crippen LogP) is 7.91. The fourth-order valence-corrected chi connectivity index (χ4v) is 7.16. The maximum atomic E-state index is 16.0. The molecule has 0 spiro atoms. The Morgan fingerprint density at radius 3 is 2.39 bits per heavy atom. The van der Waals surface area contributed by atoms with Gasteiger partial charge in [0, 0.05) is 41.1 Å². The topological polar surface area (TPSA) is 91.7 Å². The third kappa shape index (κ3) is 8.26. The lowest BCUT2D eigenvalue weighted by atomic mass is 9.62. The van der Waals surface area contributed by atoms with E-state index < -0.39 is 41.0 Å². The summed E-state index contributed by atoms with van der Waals surface area (Å²) in [4.78, 5) is 29.4. The normalized spacial score (nSPS) is 20.7. The Kier molecular flexibility index (Phi) is 12.5. The van der Waals surface area contributed by atoms with Crippen molar-refractivity contribution >= 4 is 35.0 Å². The number of halogens is 4. The van der Waals surface area contributed by atoms with Crippen LogP contribution >= 0.6 is 23.2 Å². The number of nitrogens with one attached hydrogen (secondary N) is 1. The Hall–Kier alpha value is -3.55. The first-order valence-corrected chi connectivity index (χ1v) is 17.1. The minimum Gasteiger partial charge on any atom is -0.496 e. The SMILES string of the molecule is CCN(CC)CCOC(=O)c1ccc(CC(=O)[C@@H]2N[C@@H](CC(C)(C)C)[C@](C#N)(c3ccc(Cl)cc3F)[C@H]2c2cccc(Cl)c2F)c(OC)c1. The molecule has 1 heterocycles. The maximum Gasteiger partial charge on any atom is 0.338 e. The van der Waals surface area contributed by atoms with Crippen molar-refractivity contribution in [2.24, 2.45) is 5.41 Å². The van der Waals surface area contributed by atoms with Crippen LogP contribution in [-0.4, -0.2) is 62.1 Å². The molecule has 1 aliphatic heterocycles. The molecule has 4 atom stereocenters. The molecule has 1 aliphatic rings. The van der Waals surface area contributed by atoms with E-state index in [4.69, 9.17) is 32.7 Å². The lowest BCUT2D eigenvalue weighted by Gasteiger charge is -2.37. The zero-order valence-electron chi connectivity index (χ0n) is 28.7. The number of benzene rings is 3. The average molecular weight is 715 g/mol. The second kappa shape index (κ2) is 16.0. The number of ketones is 1. The van der Waals surface area contributed by atoms with Crippen molar-refractivity contribution in [2.45, 2.75) is 70.9 Å². The van der Waals surface area contributed by atoms with Gasteiger partial charge in [-0.05, 0) is 60.8 Å². The number of carbonyl (C=O) groups is 2. The molecule has 262 valence electrons. The van der Waals surface area contributed by atoms with E-state index in [1.54, 1.807) is 18.2 Å². The number of Topliss-reactive ketones (excluding diaryl/α,β-unsaturated/α-hetero) is 1. The minimum atomic E-state index is -1.74. The number of methoxy groups -OCH3 is 1. The van der Waals surface area contributed by atoms with Crippen LogP contribution in [0.15, 0.2) is 54.6 Å². The standard InChI is InChI=1S/C38H43Cl2F2N3O4/c1-7-45(8-2)16-17-49-36(47)24-13-12-23(31(19-24)48-6)18-30(46)35-33(26-10-9-11-28(40)34(26)42)38(22-43,32(44-35)21-37(3,4)5)27-15-14-25(39)20-29(27)41/h9-15,19-20,32-33,35,44H,7-8,16-18,21H2,1-6H3/t32-,33-,35-,38-/m0/s1. The van der Waals surface area contributed by atoms with Crippen LogP contribution in [0, 0.1) is 28.4 Å². The first-order valence-electron chi connectivity index (χ1n) is 16.4. The highest BCUT2D eigenvalue weighted by Crippen LogP contribution is 2.53. The molecule has 3 aromatic rings. The molecule has 0 amide bonds. The lowest BCUT2D eigenvalue weighted by Crippen LogP contribution is -2.44. The summed E-state index contributed by atoms with van der Waals surface area (Å²) in [5.41, 5.74) is -1.37. The Bertz CT molecular complexity index is 1720. The summed E-state index contributed by atoms with van der Waals surface area (Å²) in [6.45, 7) is 12.5. The van der Waals surface area contributed by atoms with E-state index in [1.165, 1.54) is 37.4 Å². The van der Waals surface area contributed by atoms with E-state index >= 15 is 8.78 Å². The summed E-state index contributed by atoms with van der Waals surface area (Å²) >= 11 is 12.4. The summed E-state index contributed by atoms with van der Waals surface area (Å²) < 4.78 is 43.0. The Morgan fingerprint density at radius 1 is 1.06 bits per heavy atom. The van der Waals surface area contributed by atoms with Gasteiger partial charge in [-0.15, -0.1) is 0 Å². The lowest BCUT2D eigenvalue weighted by molar-refractivity contribution is -0.120. The van der Waals surface area contributed by atoms with Crippen LogP contribution in [0.4, 0.5) is 8.78 Å². The predicted molar refractivity (Wildman–Crippen MR) is 187 cm³/mol. The van der Waals surface area contributed by atoms with E-state index in [0.29, 0.717) is 18.5 Å². The number of ether oxygens (including phenoxy) is 2. The number of hydrogen-bond donors (Lipinski definition) is 1. The van der Waals surface area contributed by atoms with Crippen LogP contribution in [0.3, 0.4) is 0 Å². The number of esters is 1. The van der Waals surface area contributed by atoms with Gasteiger partial charge < -0.3 is 19.7 Å².